The molecule has 0 amide bonds. The van der Waals surface area contributed by atoms with Crippen LogP contribution in [0.4, 0.5) is 0 Å². The van der Waals surface area contributed by atoms with Crippen molar-refractivity contribution in [2.75, 3.05) is 0 Å². The topological polar surface area (TPSA) is 59.1 Å². The second-order valence-corrected chi connectivity index (χ2v) is 8.10. The van der Waals surface area contributed by atoms with Gasteiger partial charge in [0.1, 0.15) is 0 Å². The summed E-state index contributed by atoms with van der Waals surface area (Å²) in [5.41, 5.74) is 0.752. The number of hydrogen-bond acceptors (Lipinski definition) is 4. The number of nitrogens with one attached hydrogen (secondary N) is 1. The Morgan fingerprint density at radius 2 is 2.21 bits per heavy atom. The van der Waals surface area contributed by atoms with E-state index in [4.69, 9.17) is 0 Å². The highest BCUT2D eigenvalue weighted by atomic mass is 79.9. The van der Waals surface area contributed by atoms with Crippen LogP contribution in [0.15, 0.2) is 34.9 Å². The molecule has 0 atom stereocenters. The average molecular weight is 361 g/mol. The van der Waals surface area contributed by atoms with Gasteiger partial charge in [0.25, 0.3) is 0 Å². The Morgan fingerprint density at radius 3 is 2.84 bits per heavy atom. The van der Waals surface area contributed by atoms with Gasteiger partial charge in [-0.05, 0) is 24.6 Å². The molecule has 0 unspecified atom stereocenters. The number of aromatic nitrogens is 1. The summed E-state index contributed by atoms with van der Waals surface area (Å²) >= 11 is 4.82. The van der Waals surface area contributed by atoms with Gasteiger partial charge < -0.3 is 0 Å². The van der Waals surface area contributed by atoms with E-state index in [1.165, 1.54) is 11.3 Å². The maximum absolute atomic E-state index is 11.9. The van der Waals surface area contributed by atoms with Crippen molar-refractivity contribution in [1.82, 2.24) is 9.71 Å². The van der Waals surface area contributed by atoms with Crippen LogP contribution >= 0.6 is 27.3 Å². The number of sulfonamides is 1. The van der Waals surface area contributed by atoms with Crippen molar-refractivity contribution in [3.8, 4) is 0 Å². The van der Waals surface area contributed by atoms with E-state index in [2.05, 4.69) is 25.6 Å². The lowest BCUT2D eigenvalue weighted by Crippen LogP contribution is -2.24. The molecule has 0 aliphatic rings. The summed E-state index contributed by atoms with van der Waals surface area (Å²) in [7, 11) is -3.33. The predicted molar refractivity (Wildman–Crippen MR) is 80.5 cm³/mol. The van der Waals surface area contributed by atoms with Crippen LogP contribution in [0.5, 0.6) is 0 Å². The number of benzene rings is 1. The van der Waals surface area contributed by atoms with Gasteiger partial charge >= 0.3 is 0 Å². The first kappa shape index (κ1) is 14.6. The molecule has 102 valence electrons. The van der Waals surface area contributed by atoms with Gasteiger partial charge in [-0.15, -0.1) is 11.3 Å². The zero-order valence-electron chi connectivity index (χ0n) is 10.3. The third kappa shape index (κ3) is 4.68. The fourth-order valence-corrected chi connectivity index (χ4v) is 3.93. The van der Waals surface area contributed by atoms with Crippen LogP contribution in [-0.4, -0.2) is 13.4 Å². The lowest BCUT2D eigenvalue weighted by atomic mass is 10.2. The molecule has 2 rings (SSSR count). The summed E-state index contributed by atoms with van der Waals surface area (Å²) in [6, 6.07) is 7.28. The summed E-state index contributed by atoms with van der Waals surface area (Å²) in [5.74, 6) is -0.0236. The van der Waals surface area contributed by atoms with Crippen LogP contribution in [0.1, 0.15) is 15.4 Å². The molecule has 19 heavy (non-hydrogen) atoms. The zero-order chi connectivity index (χ0) is 13.9. The molecule has 0 saturated carbocycles. The molecule has 0 fully saturated rings. The second-order valence-electron chi connectivity index (χ2n) is 4.06. The molecule has 1 aromatic heterocycles. The molecule has 0 saturated heterocycles. The number of aryl methyl sites for hydroxylation is 1. The zero-order valence-corrected chi connectivity index (χ0v) is 13.5. The Kier molecular flexibility index (Phi) is 4.72. The van der Waals surface area contributed by atoms with E-state index in [1.54, 1.807) is 18.3 Å². The summed E-state index contributed by atoms with van der Waals surface area (Å²) in [6.45, 7) is 2.19. The molecule has 0 aliphatic heterocycles. The molecule has 0 aliphatic carbocycles. The number of hydrogen-bond donors (Lipinski definition) is 1. The molecule has 0 spiro atoms. The number of thiazole rings is 1. The SMILES string of the molecule is Cc1ncc(CNS(=O)(=O)Cc2cccc(Br)c2)s1. The molecule has 2 aromatic rings. The largest absolute Gasteiger partial charge is 0.250 e. The fourth-order valence-electron chi connectivity index (χ4n) is 1.57. The quantitative estimate of drug-likeness (QED) is 0.891. The molecular formula is C12H13BrN2O2S2. The third-order valence-corrected chi connectivity index (χ3v) is 5.08. The maximum Gasteiger partial charge on any atom is 0.216 e. The van der Waals surface area contributed by atoms with Gasteiger partial charge in [0, 0.05) is 22.1 Å². The molecule has 0 radical (unpaired) electrons. The fraction of sp³-hybridized carbons (Fsp3) is 0.250. The Balaban J connectivity index is 1.99. The van der Waals surface area contributed by atoms with Gasteiger partial charge in [-0.25, -0.2) is 18.1 Å². The molecule has 7 heteroatoms. The van der Waals surface area contributed by atoms with Crippen LogP contribution < -0.4 is 4.72 Å². The van der Waals surface area contributed by atoms with Crippen molar-refractivity contribution in [3.05, 3.63) is 50.4 Å². The minimum atomic E-state index is -3.33. The van der Waals surface area contributed by atoms with Gasteiger partial charge in [0.15, 0.2) is 0 Å². The monoisotopic (exact) mass is 360 g/mol. The van der Waals surface area contributed by atoms with E-state index in [-0.39, 0.29) is 5.75 Å². The third-order valence-electron chi connectivity index (χ3n) is 2.38. The van der Waals surface area contributed by atoms with Gasteiger partial charge in [0.05, 0.1) is 10.8 Å². The first-order valence-electron chi connectivity index (χ1n) is 5.58. The van der Waals surface area contributed by atoms with Gasteiger partial charge in [-0.2, -0.15) is 0 Å². The predicted octanol–water partition coefficient (Wildman–Crippen LogP) is 2.83. The van der Waals surface area contributed by atoms with E-state index in [1.807, 2.05) is 19.1 Å². The summed E-state index contributed by atoms with van der Waals surface area (Å²) < 4.78 is 27.4. The van der Waals surface area contributed by atoms with Crippen LogP contribution in [0.3, 0.4) is 0 Å². The van der Waals surface area contributed by atoms with E-state index < -0.39 is 10.0 Å². The van der Waals surface area contributed by atoms with E-state index in [0.717, 1.165) is 19.9 Å². The van der Waals surface area contributed by atoms with Gasteiger partial charge in [-0.3, -0.25) is 0 Å². The molecule has 1 aromatic carbocycles. The Bertz CT molecular complexity index is 668. The molecule has 0 bridgehead atoms. The van der Waals surface area contributed by atoms with E-state index >= 15 is 0 Å². The van der Waals surface area contributed by atoms with E-state index in [0.29, 0.717) is 6.54 Å². The summed E-state index contributed by atoms with van der Waals surface area (Å²) in [6.07, 6.45) is 1.70. The average Bonchev–Trinajstić information content (AvgIpc) is 2.72. The molecular weight excluding hydrogens is 348 g/mol. The molecule has 4 nitrogen and oxygen atoms in total. The Hall–Kier alpha value is -0.760. The Morgan fingerprint density at radius 1 is 1.42 bits per heavy atom. The number of halogens is 1. The van der Waals surface area contributed by atoms with Crippen LogP contribution in [-0.2, 0) is 22.3 Å². The van der Waals surface area contributed by atoms with Crippen LogP contribution in [0.25, 0.3) is 0 Å². The van der Waals surface area contributed by atoms with Crippen molar-refractivity contribution < 1.29 is 8.42 Å². The van der Waals surface area contributed by atoms with Crippen molar-refractivity contribution in [3.63, 3.8) is 0 Å². The highest BCUT2D eigenvalue weighted by Crippen LogP contribution is 2.15. The van der Waals surface area contributed by atoms with Crippen molar-refractivity contribution >= 4 is 37.3 Å². The van der Waals surface area contributed by atoms with Crippen molar-refractivity contribution in [2.24, 2.45) is 0 Å². The minimum Gasteiger partial charge on any atom is -0.250 e. The van der Waals surface area contributed by atoms with E-state index in [9.17, 15) is 8.42 Å². The van der Waals surface area contributed by atoms with Crippen molar-refractivity contribution in [1.29, 1.82) is 0 Å². The van der Waals surface area contributed by atoms with Crippen LogP contribution in [0.2, 0.25) is 0 Å². The highest BCUT2D eigenvalue weighted by Gasteiger charge is 2.12. The van der Waals surface area contributed by atoms with Gasteiger partial charge in [0.2, 0.25) is 10.0 Å². The smallest absolute Gasteiger partial charge is 0.216 e. The van der Waals surface area contributed by atoms with Gasteiger partial charge in [-0.1, -0.05) is 28.1 Å². The standard InChI is InChI=1S/C12H13BrN2O2S2/c1-9-14-6-12(18-9)7-15-19(16,17)8-10-3-2-4-11(13)5-10/h2-6,15H,7-8H2,1H3. The lowest BCUT2D eigenvalue weighted by molar-refractivity contribution is 0.581. The van der Waals surface area contributed by atoms with Crippen molar-refractivity contribution in [2.45, 2.75) is 19.2 Å². The second kappa shape index (κ2) is 6.13. The maximum atomic E-state index is 11.9. The normalized spacial score (nSPS) is 11.7. The first-order chi connectivity index (χ1) is 8.94. The highest BCUT2D eigenvalue weighted by molar-refractivity contribution is 9.10. The Labute approximate surface area is 125 Å². The minimum absolute atomic E-state index is 0.0236. The van der Waals surface area contributed by atoms with Crippen LogP contribution in [0, 0.1) is 6.92 Å². The first-order valence-corrected chi connectivity index (χ1v) is 8.84. The number of rotatable bonds is 5. The summed E-state index contributed by atoms with van der Waals surface area (Å²) in [5, 5.41) is 0.932. The molecule has 1 N–H and O–H groups in total. The number of nitrogens with zero attached hydrogens (tertiary/aromatic N) is 1. The lowest BCUT2D eigenvalue weighted by Gasteiger charge is -2.05. The summed E-state index contributed by atoms with van der Waals surface area (Å²) in [4.78, 5) is 5.00. The molecule has 1 heterocycles.